The molecule has 118 valence electrons. The number of carbonyl (C=O) groups is 1. The number of nitrogens with one attached hydrogen (secondary N) is 1. The lowest BCUT2D eigenvalue weighted by Gasteiger charge is -2.09. The highest BCUT2D eigenvalue weighted by molar-refractivity contribution is 7.98. The van der Waals surface area contributed by atoms with Crippen molar-refractivity contribution in [3.63, 3.8) is 0 Å². The molecule has 0 aliphatic rings. The van der Waals surface area contributed by atoms with Crippen LogP contribution in [-0.4, -0.2) is 38.0 Å². The Morgan fingerprint density at radius 3 is 2.62 bits per heavy atom. The monoisotopic (exact) mass is 332 g/mol. The molecule has 0 spiro atoms. The van der Waals surface area contributed by atoms with Crippen molar-refractivity contribution in [1.82, 2.24) is 4.72 Å². The van der Waals surface area contributed by atoms with Gasteiger partial charge in [0.15, 0.2) is 0 Å². The second kappa shape index (κ2) is 8.26. The van der Waals surface area contributed by atoms with E-state index < -0.39 is 16.0 Å². The molecule has 0 amide bonds. The predicted octanol–water partition coefficient (Wildman–Crippen LogP) is 1.78. The van der Waals surface area contributed by atoms with Crippen LogP contribution in [0.5, 0.6) is 0 Å². The third-order valence-corrected chi connectivity index (χ3v) is 5.10. The van der Waals surface area contributed by atoms with Gasteiger partial charge in [-0.2, -0.15) is 11.8 Å². The maximum absolute atomic E-state index is 12.1. The molecule has 0 aliphatic heterocycles. The molecule has 21 heavy (non-hydrogen) atoms. The molecule has 1 aromatic carbocycles. The van der Waals surface area contributed by atoms with Gasteiger partial charge in [-0.3, -0.25) is 0 Å². The van der Waals surface area contributed by atoms with Crippen LogP contribution in [0.15, 0.2) is 23.1 Å². The minimum absolute atomic E-state index is 0.0384. The third kappa shape index (κ3) is 5.56. The Morgan fingerprint density at radius 2 is 2.05 bits per heavy atom. The van der Waals surface area contributed by atoms with E-state index in [1.165, 1.54) is 12.1 Å². The summed E-state index contributed by atoms with van der Waals surface area (Å²) < 4.78 is 26.6. The molecule has 0 aromatic heterocycles. The van der Waals surface area contributed by atoms with Crippen LogP contribution in [0.3, 0.4) is 0 Å². The molecule has 0 heterocycles. The molecule has 0 saturated heterocycles. The molecule has 0 atom stereocenters. The number of aromatic carboxylic acids is 1. The summed E-state index contributed by atoms with van der Waals surface area (Å²) in [6.45, 7) is 0.344. The molecule has 0 unspecified atom stereocenters. The predicted molar refractivity (Wildman–Crippen MR) is 85.2 cm³/mol. The number of hydrogen-bond donors (Lipinski definition) is 3. The molecular weight excluding hydrogens is 312 g/mol. The molecule has 8 heteroatoms. The van der Waals surface area contributed by atoms with Gasteiger partial charge in [0.25, 0.3) is 0 Å². The first-order valence-electron chi connectivity index (χ1n) is 6.50. The second-order valence-electron chi connectivity index (χ2n) is 4.51. The zero-order valence-electron chi connectivity index (χ0n) is 11.8. The van der Waals surface area contributed by atoms with Gasteiger partial charge in [0.05, 0.1) is 11.3 Å². The van der Waals surface area contributed by atoms with Crippen molar-refractivity contribution in [3.8, 4) is 0 Å². The zero-order chi connectivity index (χ0) is 15.9. The van der Waals surface area contributed by atoms with E-state index in [0.29, 0.717) is 6.54 Å². The van der Waals surface area contributed by atoms with Crippen LogP contribution < -0.4 is 10.5 Å². The number of sulfonamides is 1. The molecule has 0 aliphatic carbocycles. The lowest BCUT2D eigenvalue weighted by Crippen LogP contribution is -2.25. The topological polar surface area (TPSA) is 109 Å². The number of nitrogen functional groups attached to an aromatic ring is 1. The lowest BCUT2D eigenvalue weighted by molar-refractivity contribution is 0.0697. The standard InChI is InChI=1S/C13H20N2O4S2/c1-20-8-4-2-3-7-15-21(18,19)12-6-5-10(13(16)17)9-11(12)14/h5-6,9,15H,2-4,7-8,14H2,1H3,(H,16,17). The largest absolute Gasteiger partial charge is 0.478 e. The van der Waals surface area contributed by atoms with Gasteiger partial charge < -0.3 is 10.8 Å². The fourth-order valence-electron chi connectivity index (χ4n) is 1.76. The van der Waals surface area contributed by atoms with E-state index >= 15 is 0 Å². The summed E-state index contributed by atoms with van der Waals surface area (Å²) in [5.74, 6) is -0.0801. The van der Waals surface area contributed by atoms with E-state index in [1.807, 2.05) is 6.26 Å². The first-order chi connectivity index (χ1) is 9.88. The van der Waals surface area contributed by atoms with Crippen molar-refractivity contribution < 1.29 is 18.3 Å². The minimum atomic E-state index is -3.70. The summed E-state index contributed by atoms with van der Waals surface area (Å²) in [6.07, 6.45) is 4.80. The first-order valence-corrected chi connectivity index (χ1v) is 9.37. The Balaban J connectivity index is 2.64. The van der Waals surface area contributed by atoms with Crippen molar-refractivity contribution in [2.24, 2.45) is 0 Å². The van der Waals surface area contributed by atoms with Crippen molar-refractivity contribution in [2.75, 3.05) is 24.3 Å². The zero-order valence-corrected chi connectivity index (χ0v) is 13.5. The summed E-state index contributed by atoms with van der Waals surface area (Å²) in [5.41, 5.74) is 5.53. The highest BCUT2D eigenvalue weighted by atomic mass is 32.2. The summed E-state index contributed by atoms with van der Waals surface area (Å²) in [4.78, 5) is 10.7. The number of benzene rings is 1. The van der Waals surface area contributed by atoms with E-state index in [1.54, 1.807) is 11.8 Å². The normalized spacial score (nSPS) is 11.5. The van der Waals surface area contributed by atoms with Gasteiger partial charge in [-0.15, -0.1) is 0 Å². The number of hydrogen-bond acceptors (Lipinski definition) is 5. The maximum Gasteiger partial charge on any atom is 0.335 e. The maximum atomic E-state index is 12.1. The number of anilines is 1. The fourth-order valence-corrected chi connectivity index (χ4v) is 3.44. The quantitative estimate of drug-likeness (QED) is 0.470. The average molecular weight is 332 g/mol. The number of thioether (sulfide) groups is 1. The lowest BCUT2D eigenvalue weighted by atomic mass is 10.2. The summed E-state index contributed by atoms with van der Waals surface area (Å²) in [7, 11) is -3.70. The van der Waals surface area contributed by atoms with Crippen molar-refractivity contribution in [1.29, 1.82) is 0 Å². The smallest absolute Gasteiger partial charge is 0.335 e. The summed E-state index contributed by atoms with van der Waals surface area (Å²) in [5, 5.41) is 8.82. The summed E-state index contributed by atoms with van der Waals surface area (Å²) in [6, 6.07) is 3.59. The Hall–Kier alpha value is -1.25. The molecule has 6 nitrogen and oxygen atoms in total. The van der Waals surface area contributed by atoms with Gasteiger partial charge in [-0.25, -0.2) is 17.9 Å². The van der Waals surface area contributed by atoms with Crippen molar-refractivity contribution in [2.45, 2.75) is 24.2 Å². The number of rotatable bonds is 9. The van der Waals surface area contributed by atoms with Crippen LogP contribution in [-0.2, 0) is 10.0 Å². The average Bonchev–Trinajstić information content (AvgIpc) is 2.42. The van der Waals surface area contributed by atoms with E-state index in [2.05, 4.69) is 4.72 Å². The Labute approximate surface area is 129 Å². The molecule has 0 bridgehead atoms. The fraction of sp³-hybridized carbons (Fsp3) is 0.462. The number of unbranched alkanes of at least 4 members (excludes halogenated alkanes) is 2. The van der Waals surface area contributed by atoms with Gasteiger partial charge in [0.1, 0.15) is 4.90 Å². The van der Waals surface area contributed by atoms with Crippen LogP contribution >= 0.6 is 11.8 Å². The van der Waals surface area contributed by atoms with Crippen LogP contribution in [0.4, 0.5) is 5.69 Å². The van der Waals surface area contributed by atoms with Gasteiger partial charge in [0, 0.05) is 6.54 Å². The van der Waals surface area contributed by atoms with Gasteiger partial charge in [0.2, 0.25) is 10.0 Å². The van der Waals surface area contributed by atoms with Crippen LogP contribution in [0.1, 0.15) is 29.6 Å². The van der Waals surface area contributed by atoms with Crippen molar-refractivity contribution in [3.05, 3.63) is 23.8 Å². The number of carboxylic acid groups (broad SMARTS) is 1. The van der Waals surface area contributed by atoms with Gasteiger partial charge in [-0.05, 0) is 43.0 Å². The van der Waals surface area contributed by atoms with Crippen molar-refractivity contribution >= 4 is 33.4 Å². The Morgan fingerprint density at radius 1 is 1.33 bits per heavy atom. The first kappa shape index (κ1) is 17.8. The minimum Gasteiger partial charge on any atom is -0.478 e. The van der Waals surface area contributed by atoms with Crippen LogP contribution in [0.25, 0.3) is 0 Å². The second-order valence-corrected chi connectivity index (χ2v) is 7.23. The van der Waals surface area contributed by atoms with Gasteiger partial charge in [-0.1, -0.05) is 6.42 Å². The Kier molecular flexibility index (Phi) is 7.00. The molecule has 1 rings (SSSR count). The van der Waals surface area contributed by atoms with Gasteiger partial charge >= 0.3 is 5.97 Å². The SMILES string of the molecule is CSCCCCCNS(=O)(=O)c1ccc(C(=O)O)cc1N. The van der Waals surface area contributed by atoms with E-state index in [0.717, 1.165) is 31.1 Å². The molecule has 1 aromatic rings. The van der Waals surface area contributed by atoms with Crippen LogP contribution in [0.2, 0.25) is 0 Å². The summed E-state index contributed by atoms with van der Waals surface area (Å²) >= 11 is 1.76. The van der Waals surface area contributed by atoms with E-state index in [9.17, 15) is 13.2 Å². The highest BCUT2D eigenvalue weighted by Crippen LogP contribution is 2.19. The third-order valence-electron chi connectivity index (χ3n) is 2.86. The highest BCUT2D eigenvalue weighted by Gasteiger charge is 2.18. The molecule has 4 N–H and O–H groups in total. The van der Waals surface area contributed by atoms with E-state index in [4.69, 9.17) is 10.8 Å². The van der Waals surface area contributed by atoms with Crippen LogP contribution in [0, 0.1) is 0 Å². The molecular formula is C13H20N2O4S2. The molecule has 0 fully saturated rings. The number of nitrogens with two attached hydrogens (primary N) is 1. The molecule has 0 saturated carbocycles. The number of carboxylic acids is 1. The Bertz CT molecular complexity index is 588. The van der Waals surface area contributed by atoms with E-state index in [-0.39, 0.29) is 16.1 Å². The molecule has 0 radical (unpaired) electrons.